The van der Waals surface area contributed by atoms with E-state index in [1.165, 1.54) is 5.56 Å². The van der Waals surface area contributed by atoms with Crippen molar-refractivity contribution in [2.24, 2.45) is 0 Å². The van der Waals surface area contributed by atoms with Crippen molar-refractivity contribution in [3.8, 4) is 23.3 Å². The molecular weight excluding hydrogens is 442 g/mol. The molecule has 4 rings (SSSR count). The van der Waals surface area contributed by atoms with Gasteiger partial charge < -0.3 is 10.5 Å². The number of hydrogen-bond acceptors (Lipinski definition) is 6. The molecule has 1 aliphatic heterocycles. The Labute approximate surface area is 175 Å². The molecule has 0 spiro atoms. The van der Waals surface area contributed by atoms with Crippen LogP contribution in [0.1, 0.15) is 16.8 Å². The van der Waals surface area contributed by atoms with Gasteiger partial charge in [-0.05, 0) is 33.6 Å². The van der Waals surface area contributed by atoms with E-state index in [4.69, 9.17) is 27.3 Å². The summed E-state index contributed by atoms with van der Waals surface area (Å²) in [7, 11) is 0. The first-order chi connectivity index (χ1) is 13.5. The van der Waals surface area contributed by atoms with Crippen molar-refractivity contribution in [2.75, 3.05) is 5.73 Å². The van der Waals surface area contributed by atoms with Crippen LogP contribution in [0.15, 0.2) is 46.9 Å². The molecule has 0 radical (unpaired) electrons. The summed E-state index contributed by atoms with van der Waals surface area (Å²) in [5, 5.41) is 9.36. The smallest absolute Gasteiger partial charge is 0.292 e. The fraction of sp³-hybridized carbons (Fsp3) is 0.150. The van der Waals surface area contributed by atoms with E-state index in [2.05, 4.69) is 42.9 Å². The molecule has 0 atom stereocenters. The van der Waals surface area contributed by atoms with Crippen LogP contribution in [-0.4, -0.2) is 14.9 Å². The maximum atomic E-state index is 8.87. The van der Waals surface area contributed by atoms with Crippen LogP contribution in [0.2, 0.25) is 5.02 Å². The number of ether oxygens (including phenoxy) is 1. The van der Waals surface area contributed by atoms with Gasteiger partial charge in [-0.25, -0.2) is 9.97 Å². The van der Waals surface area contributed by atoms with Gasteiger partial charge in [0.25, 0.3) is 6.26 Å². The molecule has 2 heterocycles. The fourth-order valence-electron chi connectivity index (χ4n) is 3.35. The summed E-state index contributed by atoms with van der Waals surface area (Å²) in [6, 6.07) is 13.6. The summed E-state index contributed by atoms with van der Waals surface area (Å²) in [5.41, 5.74) is 10.4. The third-order valence-electron chi connectivity index (χ3n) is 4.55. The quantitative estimate of drug-likeness (QED) is 0.581. The minimum Gasteiger partial charge on any atom is -0.387 e. The van der Waals surface area contributed by atoms with Crippen molar-refractivity contribution in [1.82, 2.24) is 14.9 Å². The molecule has 3 aromatic rings. The molecular formula is C20H15BrClN5O. The minimum atomic E-state index is 0.192. The Morgan fingerprint density at radius 2 is 2.00 bits per heavy atom. The molecule has 0 bridgehead atoms. The van der Waals surface area contributed by atoms with Crippen LogP contribution in [0.3, 0.4) is 0 Å². The van der Waals surface area contributed by atoms with E-state index in [-0.39, 0.29) is 5.95 Å². The monoisotopic (exact) mass is 455 g/mol. The Balaban J connectivity index is 1.72. The molecule has 6 nitrogen and oxygen atoms in total. The van der Waals surface area contributed by atoms with Crippen molar-refractivity contribution in [3.63, 3.8) is 0 Å². The second-order valence-electron chi connectivity index (χ2n) is 6.44. The lowest BCUT2D eigenvalue weighted by Gasteiger charge is -2.14. The highest BCUT2D eigenvalue weighted by molar-refractivity contribution is 9.10. The Hall–Kier alpha value is -2.66. The number of benzene rings is 2. The molecule has 0 amide bonds. The van der Waals surface area contributed by atoms with Gasteiger partial charge in [0.2, 0.25) is 5.95 Å². The Morgan fingerprint density at radius 1 is 1.21 bits per heavy atom. The third-order valence-corrected chi connectivity index (χ3v) is 5.48. The second kappa shape index (κ2) is 7.76. The molecule has 0 fully saturated rings. The van der Waals surface area contributed by atoms with Crippen molar-refractivity contribution in [2.45, 2.75) is 19.6 Å². The van der Waals surface area contributed by atoms with E-state index in [9.17, 15) is 0 Å². The van der Waals surface area contributed by atoms with Gasteiger partial charge in [0.1, 0.15) is 0 Å². The Morgan fingerprint density at radius 3 is 2.75 bits per heavy atom. The zero-order valence-corrected chi connectivity index (χ0v) is 17.0. The molecule has 1 aliphatic rings. The lowest BCUT2D eigenvalue weighted by Crippen LogP contribution is -2.15. The van der Waals surface area contributed by atoms with Crippen LogP contribution in [0, 0.1) is 11.5 Å². The van der Waals surface area contributed by atoms with Gasteiger partial charge in [-0.2, -0.15) is 0 Å². The zero-order valence-electron chi connectivity index (χ0n) is 14.7. The normalized spacial score (nSPS) is 13.2. The standard InChI is InChI=1S/C20H15BrClN5O/c21-15-7-16(22)13(6-18(15)28-11-23)19-14-9-27(8-12-4-2-1-3-5-12)10-17(14)25-20(24)26-19/h1-7H,8-10H2,(H2,24,25,26). The summed E-state index contributed by atoms with van der Waals surface area (Å²) < 4.78 is 5.61. The van der Waals surface area contributed by atoms with Gasteiger partial charge >= 0.3 is 0 Å². The highest BCUT2D eigenvalue weighted by Gasteiger charge is 2.27. The predicted octanol–water partition coefficient (Wildman–Crippen LogP) is 4.52. The summed E-state index contributed by atoms with van der Waals surface area (Å²) in [5.74, 6) is 0.559. The van der Waals surface area contributed by atoms with Gasteiger partial charge in [-0.1, -0.05) is 41.9 Å². The summed E-state index contributed by atoms with van der Waals surface area (Å²) in [6.07, 6.45) is 1.68. The zero-order chi connectivity index (χ0) is 19.7. The molecule has 0 aliphatic carbocycles. The van der Waals surface area contributed by atoms with Gasteiger partial charge in [0, 0.05) is 30.8 Å². The van der Waals surface area contributed by atoms with Crippen molar-refractivity contribution >= 4 is 33.5 Å². The van der Waals surface area contributed by atoms with Gasteiger partial charge in [-0.3, -0.25) is 4.90 Å². The maximum absolute atomic E-state index is 8.87. The molecule has 0 saturated carbocycles. The van der Waals surface area contributed by atoms with E-state index < -0.39 is 0 Å². The van der Waals surface area contributed by atoms with Crippen molar-refractivity contribution < 1.29 is 4.74 Å². The van der Waals surface area contributed by atoms with E-state index >= 15 is 0 Å². The van der Waals surface area contributed by atoms with Crippen molar-refractivity contribution in [3.05, 3.63) is 68.8 Å². The van der Waals surface area contributed by atoms with Gasteiger partial charge in [-0.15, -0.1) is 5.26 Å². The predicted molar refractivity (Wildman–Crippen MR) is 110 cm³/mol. The van der Waals surface area contributed by atoms with Crippen LogP contribution in [-0.2, 0) is 19.6 Å². The van der Waals surface area contributed by atoms with Crippen molar-refractivity contribution in [1.29, 1.82) is 5.26 Å². The number of rotatable bonds is 4. The third kappa shape index (κ3) is 3.67. The topological polar surface area (TPSA) is 88.1 Å². The molecule has 28 heavy (non-hydrogen) atoms. The van der Waals surface area contributed by atoms with Crippen LogP contribution in [0.25, 0.3) is 11.3 Å². The van der Waals surface area contributed by atoms with E-state index in [1.807, 2.05) is 18.2 Å². The van der Waals surface area contributed by atoms with E-state index in [0.29, 0.717) is 39.6 Å². The Kier molecular flexibility index (Phi) is 5.18. The molecule has 140 valence electrons. The number of fused-ring (bicyclic) bond motifs is 1. The van der Waals surface area contributed by atoms with Gasteiger partial charge in [0.05, 0.1) is 20.9 Å². The second-order valence-corrected chi connectivity index (χ2v) is 7.70. The molecule has 2 aromatic carbocycles. The SMILES string of the molecule is N#COc1cc(-c2nc(N)nc3c2CN(Cc2ccccc2)C3)c(Cl)cc1Br. The molecule has 0 unspecified atom stereocenters. The first-order valence-corrected chi connectivity index (χ1v) is 9.69. The highest BCUT2D eigenvalue weighted by atomic mass is 79.9. The number of hydrogen-bond donors (Lipinski definition) is 1. The number of nitrogens with zero attached hydrogens (tertiary/aromatic N) is 4. The molecule has 0 saturated heterocycles. The number of anilines is 1. The number of aromatic nitrogens is 2. The molecule has 8 heteroatoms. The Bertz CT molecular complexity index is 1080. The summed E-state index contributed by atoms with van der Waals surface area (Å²) in [4.78, 5) is 11.2. The number of nitriles is 1. The number of halogens is 2. The van der Waals surface area contributed by atoms with Crippen LogP contribution in [0.4, 0.5) is 5.95 Å². The first kappa shape index (κ1) is 18.7. The number of nitrogen functional groups attached to an aromatic ring is 1. The first-order valence-electron chi connectivity index (χ1n) is 8.52. The highest BCUT2D eigenvalue weighted by Crippen LogP contribution is 2.40. The summed E-state index contributed by atoms with van der Waals surface area (Å²) in [6.45, 7) is 2.16. The molecule has 2 N–H and O–H groups in total. The summed E-state index contributed by atoms with van der Waals surface area (Å²) >= 11 is 9.83. The average Bonchev–Trinajstić information content (AvgIpc) is 3.06. The van der Waals surface area contributed by atoms with Crippen LogP contribution in [0.5, 0.6) is 5.75 Å². The van der Waals surface area contributed by atoms with Gasteiger partial charge in [0.15, 0.2) is 5.75 Å². The molecule has 1 aromatic heterocycles. The largest absolute Gasteiger partial charge is 0.387 e. The average molecular weight is 457 g/mol. The fourth-order valence-corrected chi connectivity index (χ4v) is 4.16. The van der Waals surface area contributed by atoms with E-state index in [1.54, 1.807) is 18.4 Å². The lowest BCUT2D eigenvalue weighted by molar-refractivity contribution is 0.274. The lowest BCUT2D eigenvalue weighted by atomic mass is 10.1. The van der Waals surface area contributed by atoms with E-state index in [0.717, 1.165) is 17.8 Å². The van der Waals surface area contributed by atoms with Crippen LogP contribution >= 0.6 is 27.5 Å². The number of nitrogens with two attached hydrogens (primary N) is 1. The maximum Gasteiger partial charge on any atom is 0.292 e. The minimum absolute atomic E-state index is 0.192. The van der Waals surface area contributed by atoms with Crippen LogP contribution < -0.4 is 10.5 Å².